The summed E-state index contributed by atoms with van der Waals surface area (Å²) in [7, 11) is 1.45. The third-order valence-electron chi connectivity index (χ3n) is 1.30. The van der Waals surface area contributed by atoms with E-state index in [-0.39, 0.29) is 17.2 Å². The van der Waals surface area contributed by atoms with Gasteiger partial charge in [0.05, 0.1) is 0 Å². The van der Waals surface area contributed by atoms with E-state index >= 15 is 0 Å². The minimum atomic E-state index is -1.57. The first-order valence-corrected chi connectivity index (χ1v) is 14.5. The van der Waals surface area contributed by atoms with Crippen LogP contribution >= 0.6 is 16.3 Å². The number of alkyl halides is 2. The number of carbonyl (C=O) groups excluding carboxylic acids is 1. The molecule has 0 heterocycles. The van der Waals surface area contributed by atoms with Gasteiger partial charge in [-0.3, -0.25) is 0 Å². The van der Waals surface area contributed by atoms with Gasteiger partial charge < -0.3 is 0 Å². The van der Waals surface area contributed by atoms with Crippen LogP contribution in [0.25, 0.3) is 0 Å². The van der Waals surface area contributed by atoms with Crippen molar-refractivity contribution in [1.82, 2.24) is 5.43 Å². The Bertz CT molecular complexity index is 212. The number of hydrogen-bond acceptors (Lipinski definition) is 6. The molecule has 0 aliphatic heterocycles. The summed E-state index contributed by atoms with van der Waals surface area (Å²) in [5.41, 5.74) is 9.19. The molecule has 14 heavy (non-hydrogen) atoms. The molecule has 1 atom stereocenters. The maximum absolute atomic E-state index is 11.5. The Kier molecular flexibility index (Phi) is 7.01. The normalized spacial score (nSPS) is 15.9. The molecule has 0 spiro atoms. The molecular formula is C5H15I2N5O2. The van der Waals surface area contributed by atoms with Crippen molar-refractivity contribution in [2.24, 2.45) is 11.1 Å². The molecule has 0 radical (unpaired) electrons. The van der Waals surface area contributed by atoms with E-state index in [4.69, 9.17) is 14.4 Å². The Balaban J connectivity index is 4.38. The first-order chi connectivity index (χ1) is 6.53. The summed E-state index contributed by atoms with van der Waals surface area (Å²) in [6.45, 7) is 2.00. The molecule has 7 nitrogen and oxygen atoms in total. The van der Waals surface area contributed by atoms with Crippen LogP contribution in [0.2, 0.25) is 0 Å². The number of nitrogens with two attached hydrogens (primary N) is 1. The molecule has 86 valence electrons. The van der Waals surface area contributed by atoms with E-state index in [0.29, 0.717) is 0 Å². The van der Waals surface area contributed by atoms with E-state index in [9.17, 15) is 4.79 Å². The van der Waals surface area contributed by atoms with Gasteiger partial charge in [0.15, 0.2) is 0 Å². The Morgan fingerprint density at radius 3 is 2.71 bits per heavy atom. The van der Waals surface area contributed by atoms with E-state index in [1.54, 1.807) is 0 Å². The summed E-state index contributed by atoms with van der Waals surface area (Å²) >= 11 is -1.60. The molecule has 0 bridgehead atoms. The van der Waals surface area contributed by atoms with Gasteiger partial charge in [-0.05, 0) is 0 Å². The van der Waals surface area contributed by atoms with Gasteiger partial charge in [0.1, 0.15) is 0 Å². The van der Waals surface area contributed by atoms with Gasteiger partial charge >= 0.3 is 97.6 Å². The van der Waals surface area contributed by atoms with Crippen LogP contribution in [0.4, 0.5) is 4.79 Å². The number of nitrogens with zero attached hydrogens (tertiary/aromatic N) is 2. The average Bonchev–Trinajstić information content (AvgIpc) is 2.24. The van der Waals surface area contributed by atoms with Crippen LogP contribution in [0.1, 0.15) is 6.92 Å². The molecule has 0 saturated carbocycles. The van der Waals surface area contributed by atoms with E-state index < -0.39 is 27.2 Å². The molecule has 0 aromatic heterocycles. The van der Waals surface area contributed by atoms with Crippen LogP contribution in [0.15, 0.2) is 5.22 Å². The van der Waals surface area contributed by atoms with Gasteiger partial charge in [0.25, 0.3) is 0 Å². The Hall–Kier alpha value is 0.410. The van der Waals surface area contributed by atoms with Gasteiger partial charge in [0.2, 0.25) is 0 Å². The van der Waals surface area contributed by atoms with E-state index in [0.717, 1.165) is 4.43 Å². The Morgan fingerprint density at radius 1 is 1.86 bits per heavy atom. The van der Waals surface area contributed by atoms with Crippen LogP contribution in [0, 0.1) is 5.53 Å². The Morgan fingerprint density at radius 2 is 2.43 bits per heavy atom. The average molecular weight is 431 g/mol. The van der Waals surface area contributed by atoms with Crippen molar-refractivity contribution in [1.29, 1.82) is 5.53 Å². The second-order valence-electron chi connectivity index (χ2n) is 2.03. The SMILES string of the molecule is CCI(OC(=O)[N+](N)(N=N)NC)[I-]C. The first kappa shape index (κ1) is 14.4. The van der Waals surface area contributed by atoms with Crippen LogP contribution in [0.5, 0.6) is 0 Å². The number of halogens is 2. The molecule has 9 heteroatoms. The van der Waals surface area contributed by atoms with E-state index in [1.807, 2.05) is 6.92 Å². The van der Waals surface area contributed by atoms with Gasteiger partial charge in [0, 0.05) is 0 Å². The zero-order valence-electron chi connectivity index (χ0n) is 8.25. The predicted molar refractivity (Wildman–Crippen MR) is 55.6 cm³/mol. The van der Waals surface area contributed by atoms with Crippen molar-refractivity contribution in [3.8, 4) is 0 Å². The zero-order valence-corrected chi connectivity index (χ0v) is 12.6. The van der Waals surface area contributed by atoms with Crippen molar-refractivity contribution in [3.63, 3.8) is 0 Å². The second kappa shape index (κ2) is 6.81. The van der Waals surface area contributed by atoms with Gasteiger partial charge in [-0.2, -0.15) is 0 Å². The summed E-state index contributed by atoms with van der Waals surface area (Å²) in [6, 6.07) is 0. The molecule has 0 rings (SSSR count). The Labute approximate surface area is 97.0 Å². The molecule has 1 amide bonds. The van der Waals surface area contributed by atoms with Gasteiger partial charge in [-0.1, -0.05) is 0 Å². The number of quaternary nitrogens is 1. The monoisotopic (exact) mass is 431 g/mol. The number of nitrogens with one attached hydrogen (secondary N) is 2. The van der Waals surface area contributed by atoms with Gasteiger partial charge in [-0.15, -0.1) is 0 Å². The predicted octanol–water partition coefficient (Wildman–Crippen LogP) is -2.03. The number of amides is 1. The van der Waals surface area contributed by atoms with E-state index in [1.165, 1.54) is 7.05 Å². The van der Waals surface area contributed by atoms with Gasteiger partial charge in [-0.25, -0.2) is 0 Å². The minimum absolute atomic E-state index is 0.0337. The van der Waals surface area contributed by atoms with Crippen LogP contribution in [-0.2, 0) is 3.07 Å². The molecule has 4 N–H and O–H groups in total. The second-order valence-corrected chi connectivity index (χ2v) is 17.9. The van der Waals surface area contributed by atoms with Crippen molar-refractivity contribution < 1.29 is 29.9 Å². The summed E-state index contributed by atoms with van der Waals surface area (Å²) in [5, 5.41) is 2.98. The van der Waals surface area contributed by atoms with Crippen LogP contribution in [0.3, 0.4) is 0 Å². The molecular weight excluding hydrogens is 416 g/mol. The van der Waals surface area contributed by atoms with Crippen molar-refractivity contribution in [2.75, 3.05) is 16.4 Å². The molecule has 0 fully saturated rings. The van der Waals surface area contributed by atoms with Crippen molar-refractivity contribution in [2.45, 2.75) is 6.92 Å². The quantitative estimate of drug-likeness (QED) is 0.0890. The molecule has 0 aliphatic carbocycles. The third kappa shape index (κ3) is 3.88. The summed E-state index contributed by atoms with van der Waals surface area (Å²) in [4.78, 5) is 12.5. The van der Waals surface area contributed by atoms with Crippen molar-refractivity contribution >= 4 is 22.4 Å². The molecule has 0 aromatic rings. The molecule has 0 aromatic carbocycles. The standard InChI is InChI=1S/C5H15I2N5O2/c1-4-7(6-2)14-5(13)12(9,10-3)11-8/h8,10H,4,9H2,1-3H3. The fourth-order valence-electron chi connectivity index (χ4n) is 0.491. The molecule has 0 aliphatic rings. The number of hydrogen-bond donors (Lipinski definition) is 3. The third-order valence-corrected chi connectivity index (χ3v) is 15.3. The number of rotatable bonds is 5. The fraction of sp³-hybridized carbons (Fsp3) is 0.800. The topological polar surface area (TPSA) is 101 Å². The van der Waals surface area contributed by atoms with Crippen LogP contribution in [-0.4, -0.2) is 27.3 Å². The zero-order chi connectivity index (χ0) is 11.2. The summed E-state index contributed by atoms with van der Waals surface area (Å²) in [5.74, 6) is 5.43. The maximum atomic E-state index is 11.5. The van der Waals surface area contributed by atoms with E-state index in [2.05, 4.69) is 15.6 Å². The first-order valence-electron chi connectivity index (χ1n) is 3.69. The van der Waals surface area contributed by atoms with Crippen LogP contribution < -0.4 is 28.5 Å². The molecule has 0 saturated heterocycles. The summed E-state index contributed by atoms with van der Waals surface area (Å²) < 4.78 is 6.15. The molecule has 1 unspecified atom stereocenters. The number of carbonyl (C=O) groups is 1. The summed E-state index contributed by atoms with van der Waals surface area (Å²) in [6.07, 6.45) is -0.684. The van der Waals surface area contributed by atoms with Crippen molar-refractivity contribution in [3.05, 3.63) is 0 Å². The fourth-order valence-corrected chi connectivity index (χ4v) is 8.19.